The van der Waals surface area contributed by atoms with Gasteiger partial charge >= 0.3 is 5.97 Å². The second kappa shape index (κ2) is 11.2. The predicted octanol–water partition coefficient (Wildman–Crippen LogP) is 3.22. The van der Waals surface area contributed by atoms with Crippen LogP contribution in [-0.2, 0) is 10.0 Å². The molecular formula is C25H28N2O7S. The van der Waals surface area contributed by atoms with E-state index in [2.05, 4.69) is 10.0 Å². The van der Waals surface area contributed by atoms with Crippen molar-refractivity contribution in [3.05, 3.63) is 77.9 Å². The lowest BCUT2D eigenvalue weighted by atomic mass is 10.0. The fourth-order valence-corrected chi connectivity index (χ4v) is 3.99. The molecule has 0 aliphatic carbocycles. The highest BCUT2D eigenvalue weighted by Gasteiger charge is 2.18. The van der Waals surface area contributed by atoms with E-state index in [-0.39, 0.29) is 23.0 Å². The summed E-state index contributed by atoms with van der Waals surface area (Å²) in [5.74, 6) is -0.530. The molecule has 0 bridgehead atoms. The molecule has 5 N–H and O–H groups in total. The van der Waals surface area contributed by atoms with E-state index < -0.39 is 22.1 Å². The predicted molar refractivity (Wildman–Crippen MR) is 133 cm³/mol. The number of sulfonamides is 1. The second-order valence-corrected chi connectivity index (χ2v) is 9.84. The van der Waals surface area contributed by atoms with Gasteiger partial charge in [0.25, 0.3) is 0 Å². The smallest absolute Gasteiger partial charge is 0.335 e. The Morgan fingerprint density at radius 1 is 1.00 bits per heavy atom. The van der Waals surface area contributed by atoms with Crippen molar-refractivity contribution in [1.82, 2.24) is 5.32 Å². The van der Waals surface area contributed by atoms with Gasteiger partial charge in [-0.2, -0.15) is 0 Å². The third kappa shape index (κ3) is 7.44. The molecule has 0 heterocycles. The molecule has 9 nitrogen and oxygen atoms in total. The summed E-state index contributed by atoms with van der Waals surface area (Å²) >= 11 is 0. The van der Waals surface area contributed by atoms with Crippen molar-refractivity contribution in [2.24, 2.45) is 0 Å². The lowest BCUT2D eigenvalue weighted by Gasteiger charge is -2.21. The normalized spacial score (nSPS) is 13.1. The molecule has 35 heavy (non-hydrogen) atoms. The number of aromatic carboxylic acids is 1. The monoisotopic (exact) mass is 500 g/mol. The largest absolute Gasteiger partial charge is 0.506 e. The number of hydrogen-bond acceptors (Lipinski definition) is 7. The van der Waals surface area contributed by atoms with Gasteiger partial charge < -0.3 is 25.4 Å². The van der Waals surface area contributed by atoms with Gasteiger partial charge in [0.15, 0.2) is 0 Å². The number of hydrogen-bond donors (Lipinski definition) is 5. The Morgan fingerprint density at radius 2 is 1.60 bits per heavy atom. The van der Waals surface area contributed by atoms with Crippen molar-refractivity contribution in [2.45, 2.75) is 19.1 Å². The Hall–Kier alpha value is -3.60. The minimum Gasteiger partial charge on any atom is -0.506 e. The minimum absolute atomic E-state index is 0.000795. The molecule has 0 spiro atoms. The van der Waals surface area contributed by atoms with Crippen molar-refractivity contribution >= 4 is 21.7 Å². The number of ether oxygens (including phenoxy) is 1. The third-order valence-corrected chi connectivity index (χ3v) is 5.88. The van der Waals surface area contributed by atoms with Crippen LogP contribution in [-0.4, -0.2) is 55.2 Å². The summed E-state index contributed by atoms with van der Waals surface area (Å²) in [6.07, 6.45) is 0.0358. The molecule has 0 saturated heterocycles. The molecule has 0 aromatic heterocycles. The van der Waals surface area contributed by atoms with Gasteiger partial charge in [-0.05, 0) is 60.0 Å². The molecule has 2 atom stereocenters. The van der Waals surface area contributed by atoms with Gasteiger partial charge in [0.05, 0.1) is 23.6 Å². The lowest BCUT2D eigenvalue weighted by molar-refractivity contribution is 0.0697. The van der Waals surface area contributed by atoms with Crippen molar-refractivity contribution in [1.29, 1.82) is 0 Å². The third-order valence-electron chi connectivity index (χ3n) is 5.29. The summed E-state index contributed by atoms with van der Waals surface area (Å²) in [5, 5.41) is 32.6. The summed E-state index contributed by atoms with van der Waals surface area (Å²) in [6, 6.07) is 17.9. The number of benzene rings is 3. The molecule has 3 aromatic carbocycles. The van der Waals surface area contributed by atoms with Crippen LogP contribution in [0.5, 0.6) is 11.5 Å². The molecule has 0 saturated carbocycles. The number of rotatable bonds is 11. The van der Waals surface area contributed by atoms with E-state index in [1.54, 1.807) is 31.2 Å². The van der Waals surface area contributed by atoms with Crippen LogP contribution < -0.4 is 14.8 Å². The molecule has 0 fully saturated rings. The van der Waals surface area contributed by atoms with Crippen LogP contribution in [0.2, 0.25) is 0 Å². The number of nitrogens with one attached hydrogen (secondary N) is 2. The molecule has 3 aromatic rings. The van der Waals surface area contributed by atoms with Crippen LogP contribution >= 0.6 is 0 Å². The summed E-state index contributed by atoms with van der Waals surface area (Å²) in [6.45, 7) is 2.58. The van der Waals surface area contributed by atoms with Crippen LogP contribution in [0.15, 0.2) is 66.7 Å². The van der Waals surface area contributed by atoms with Crippen LogP contribution in [0.1, 0.15) is 28.9 Å². The number of aliphatic hydroxyl groups excluding tert-OH is 1. The first kappa shape index (κ1) is 26.0. The number of carboxylic acid groups (broad SMARTS) is 1. The molecule has 10 heteroatoms. The number of aliphatic hydroxyl groups is 1. The number of phenolic OH excluding ortho intramolecular Hbond substituents is 1. The number of carbonyl (C=O) groups is 1. The summed E-state index contributed by atoms with van der Waals surface area (Å²) in [5.41, 5.74) is 2.51. The van der Waals surface area contributed by atoms with E-state index in [1.165, 1.54) is 18.2 Å². The van der Waals surface area contributed by atoms with Gasteiger partial charge in [-0.3, -0.25) is 4.72 Å². The van der Waals surface area contributed by atoms with Crippen LogP contribution in [0.3, 0.4) is 0 Å². The lowest BCUT2D eigenvalue weighted by Crippen LogP contribution is -2.35. The zero-order valence-electron chi connectivity index (χ0n) is 19.3. The van der Waals surface area contributed by atoms with E-state index in [4.69, 9.17) is 9.84 Å². The van der Waals surface area contributed by atoms with Gasteiger partial charge in [0, 0.05) is 12.6 Å². The van der Waals surface area contributed by atoms with Crippen molar-refractivity contribution in [3.8, 4) is 22.6 Å². The first-order chi connectivity index (χ1) is 16.5. The quantitative estimate of drug-likeness (QED) is 0.199. The number of aromatic hydroxyl groups is 1. The van der Waals surface area contributed by atoms with E-state index in [0.29, 0.717) is 24.5 Å². The van der Waals surface area contributed by atoms with Crippen LogP contribution in [0.25, 0.3) is 11.1 Å². The number of phenols is 1. The topological polar surface area (TPSA) is 145 Å². The standard InChI is InChI=1S/C25H28N2O7S/c1-16(24(29)20-9-12-23(28)22(15-20)27-35(2,32)33)26-13-14-34-21-10-7-18(8-11-21)17-3-5-19(6-4-17)25(30)31/h3-12,15-16,24,26-29H,13-14H2,1-2H3,(H,30,31)/t16-,24+/m0/s1. The van der Waals surface area contributed by atoms with E-state index >= 15 is 0 Å². The Morgan fingerprint density at radius 3 is 2.17 bits per heavy atom. The molecule has 3 rings (SSSR count). The fourth-order valence-electron chi connectivity index (χ4n) is 3.42. The highest BCUT2D eigenvalue weighted by molar-refractivity contribution is 7.92. The van der Waals surface area contributed by atoms with Gasteiger partial charge in [-0.15, -0.1) is 0 Å². The Kier molecular flexibility index (Phi) is 8.34. The minimum atomic E-state index is -3.58. The molecule has 0 aliphatic rings. The maximum Gasteiger partial charge on any atom is 0.335 e. The maximum atomic E-state index is 11.5. The molecule has 0 aliphatic heterocycles. The van der Waals surface area contributed by atoms with Crippen molar-refractivity contribution in [2.75, 3.05) is 24.1 Å². The van der Waals surface area contributed by atoms with Crippen molar-refractivity contribution in [3.63, 3.8) is 0 Å². The Labute approximate surface area is 204 Å². The maximum absolute atomic E-state index is 11.5. The first-order valence-electron chi connectivity index (χ1n) is 10.8. The van der Waals surface area contributed by atoms with Gasteiger partial charge in [-0.1, -0.05) is 30.3 Å². The van der Waals surface area contributed by atoms with Crippen LogP contribution in [0.4, 0.5) is 5.69 Å². The number of anilines is 1. The number of carboxylic acids is 1. The summed E-state index contributed by atoms with van der Waals surface area (Å²) in [4.78, 5) is 11.0. The fraction of sp³-hybridized carbons (Fsp3) is 0.240. The molecule has 0 radical (unpaired) electrons. The van der Waals surface area contributed by atoms with Gasteiger partial charge in [-0.25, -0.2) is 13.2 Å². The van der Waals surface area contributed by atoms with Gasteiger partial charge in [0.1, 0.15) is 18.1 Å². The Balaban J connectivity index is 1.49. The Bertz CT molecular complexity index is 1260. The molecule has 0 unspecified atom stereocenters. The molecular weight excluding hydrogens is 472 g/mol. The SMILES string of the molecule is C[C@H](NCCOc1ccc(-c2ccc(C(=O)O)cc2)cc1)[C@@H](O)c1ccc(O)c(NS(C)(=O)=O)c1. The highest BCUT2D eigenvalue weighted by Crippen LogP contribution is 2.29. The molecule has 186 valence electrons. The van der Waals surface area contributed by atoms with Crippen molar-refractivity contribution < 1.29 is 33.3 Å². The van der Waals surface area contributed by atoms with Crippen LogP contribution in [0, 0.1) is 0 Å². The molecule has 0 amide bonds. The average molecular weight is 501 g/mol. The summed E-state index contributed by atoms with van der Waals surface area (Å²) in [7, 11) is -3.58. The average Bonchev–Trinajstić information content (AvgIpc) is 2.82. The zero-order chi connectivity index (χ0) is 25.6. The van der Waals surface area contributed by atoms with E-state index in [9.17, 15) is 23.4 Å². The first-order valence-corrected chi connectivity index (χ1v) is 12.7. The van der Waals surface area contributed by atoms with E-state index in [1.807, 2.05) is 24.3 Å². The van der Waals surface area contributed by atoms with E-state index in [0.717, 1.165) is 17.4 Å². The second-order valence-electron chi connectivity index (χ2n) is 8.09. The van der Waals surface area contributed by atoms with Gasteiger partial charge in [0.2, 0.25) is 10.0 Å². The zero-order valence-corrected chi connectivity index (χ0v) is 20.1. The highest BCUT2D eigenvalue weighted by atomic mass is 32.2. The summed E-state index contributed by atoms with van der Waals surface area (Å²) < 4.78 is 30.9.